The summed E-state index contributed by atoms with van der Waals surface area (Å²) in [6.45, 7) is 5.96. The van der Waals surface area contributed by atoms with Gasteiger partial charge in [-0.25, -0.2) is 14.8 Å². The number of ether oxygens (including phenoxy) is 2. The molecule has 0 fully saturated rings. The first-order valence-electron chi connectivity index (χ1n) is 8.21. The number of nitrogens with two attached hydrogens (primary N) is 1. The molecule has 0 saturated heterocycles. The fraction of sp³-hybridized carbons (Fsp3) is 0.316. The molecule has 1 aromatic carbocycles. The van der Waals surface area contributed by atoms with Crippen LogP contribution in [0.1, 0.15) is 43.1 Å². The molecule has 0 bridgehead atoms. The lowest BCUT2D eigenvalue weighted by Gasteiger charge is -2.24. The van der Waals surface area contributed by atoms with Crippen molar-refractivity contribution in [3.8, 4) is 5.75 Å². The van der Waals surface area contributed by atoms with Crippen LogP contribution in [0.15, 0.2) is 41.4 Å². The Labute approximate surface area is 167 Å². The maximum Gasteiger partial charge on any atom is 0.346 e. The van der Waals surface area contributed by atoms with Crippen molar-refractivity contribution in [3.63, 3.8) is 0 Å². The summed E-state index contributed by atoms with van der Waals surface area (Å²) in [5.74, 6) is 0.00883. The summed E-state index contributed by atoms with van der Waals surface area (Å²) in [5, 5.41) is 0. The molecule has 2 N–H and O–H groups in total. The number of carbonyl (C=O) groups is 1. The maximum absolute atomic E-state index is 12.8. The first-order chi connectivity index (χ1) is 12.4. The van der Waals surface area contributed by atoms with Gasteiger partial charge >= 0.3 is 5.97 Å². The number of aliphatic imine (C=N–C) groups is 1. The molecule has 0 atom stereocenters. The number of esters is 1. The Balaban J connectivity index is 2.40. The zero-order chi connectivity index (χ0) is 19.2. The van der Waals surface area contributed by atoms with Crippen LogP contribution in [0, 0.1) is 3.70 Å². The molecule has 0 saturated carbocycles. The van der Waals surface area contributed by atoms with E-state index in [1.807, 2.05) is 73.7 Å². The van der Waals surface area contributed by atoms with Crippen LogP contribution in [0.4, 0.5) is 5.82 Å². The maximum atomic E-state index is 12.8. The number of carbonyl (C=O) groups excluding carboxylic acids is 1. The zero-order valence-corrected chi connectivity index (χ0v) is 17.2. The molecule has 0 aliphatic rings. The lowest BCUT2D eigenvalue weighted by Crippen LogP contribution is -2.27. The second-order valence-corrected chi connectivity index (χ2v) is 7.30. The molecular formula is C19H22IN3O3. The number of hydrogen-bond donors (Lipinski definition) is 1. The smallest absolute Gasteiger partial charge is 0.346 e. The van der Waals surface area contributed by atoms with Crippen molar-refractivity contribution in [2.24, 2.45) is 10.7 Å². The fourth-order valence-corrected chi connectivity index (χ4v) is 2.57. The monoisotopic (exact) mass is 467 g/mol. The Hall–Kier alpha value is -2.16. The van der Waals surface area contributed by atoms with Crippen molar-refractivity contribution < 1.29 is 14.3 Å². The number of hydrogen-bond acceptors (Lipinski definition) is 5. The van der Waals surface area contributed by atoms with Crippen LogP contribution in [0.3, 0.4) is 0 Å². The Bertz CT molecular complexity index is 792. The highest BCUT2D eigenvalue weighted by atomic mass is 127. The minimum absolute atomic E-state index is 0.171. The van der Waals surface area contributed by atoms with Crippen LogP contribution in [-0.2, 0) is 11.3 Å². The SMILES string of the molecule is CCC(C)(C)OC(=O)c1c(OCc2ccccc2)cc(I)nc1N=CN. The van der Waals surface area contributed by atoms with E-state index in [4.69, 9.17) is 15.2 Å². The number of rotatable bonds is 7. The van der Waals surface area contributed by atoms with Crippen molar-refractivity contribution in [2.75, 3.05) is 0 Å². The van der Waals surface area contributed by atoms with E-state index < -0.39 is 11.6 Å². The third-order valence-electron chi connectivity index (χ3n) is 3.79. The van der Waals surface area contributed by atoms with Crippen LogP contribution >= 0.6 is 22.6 Å². The molecule has 0 aliphatic heterocycles. The summed E-state index contributed by atoms with van der Waals surface area (Å²) in [5.41, 5.74) is 5.96. The Morgan fingerprint density at radius 2 is 2.04 bits per heavy atom. The molecule has 138 valence electrons. The van der Waals surface area contributed by atoms with Crippen LogP contribution in [-0.4, -0.2) is 22.9 Å². The number of nitrogens with zero attached hydrogens (tertiary/aromatic N) is 2. The predicted octanol–water partition coefficient (Wildman–Crippen LogP) is 4.23. The van der Waals surface area contributed by atoms with Crippen molar-refractivity contribution in [1.82, 2.24) is 4.98 Å². The highest BCUT2D eigenvalue weighted by Gasteiger charge is 2.27. The van der Waals surface area contributed by atoms with Gasteiger partial charge in [0.2, 0.25) is 0 Å². The normalized spacial score (nSPS) is 11.5. The van der Waals surface area contributed by atoms with E-state index in [0.717, 1.165) is 11.9 Å². The topological polar surface area (TPSA) is 86.8 Å². The molecule has 1 heterocycles. The summed E-state index contributed by atoms with van der Waals surface area (Å²) < 4.78 is 12.2. The molecule has 0 unspecified atom stereocenters. The van der Waals surface area contributed by atoms with Crippen molar-refractivity contribution in [3.05, 3.63) is 51.2 Å². The molecule has 6 nitrogen and oxygen atoms in total. The molecule has 1 aromatic heterocycles. The highest BCUT2D eigenvalue weighted by molar-refractivity contribution is 14.1. The van der Waals surface area contributed by atoms with E-state index in [-0.39, 0.29) is 11.4 Å². The molecule has 2 aromatic rings. The van der Waals surface area contributed by atoms with E-state index in [9.17, 15) is 4.79 Å². The zero-order valence-electron chi connectivity index (χ0n) is 15.0. The lowest BCUT2D eigenvalue weighted by molar-refractivity contribution is -0.00274. The van der Waals surface area contributed by atoms with Crippen LogP contribution < -0.4 is 10.5 Å². The van der Waals surface area contributed by atoms with E-state index >= 15 is 0 Å². The average Bonchev–Trinajstić information content (AvgIpc) is 2.60. The molecule has 26 heavy (non-hydrogen) atoms. The summed E-state index contributed by atoms with van der Waals surface area (Å²) in [6.07, 6.45) is 1.77. The van der Waals surface area contributed by atoms with Crippen LogP contribution in [0.2, 0.25) is 0 Å². The molecule has 2 rings (SSSR count). The Morgan fingerprint density at radius 1 is 1.35 bits per heavy atom. The van der Waals surface area contributed by atoms with Crippen molar-refractivity contribution >= 4 is 40.7 Å². The molecule has 7 heteroatoms. The minimum atomic E-state index is -0.611. The highest BCUT2D eigenvalue weighted by Crippen LogP contribution is 2.32. The fourth-order valence-electron chi connectivity index (χ4n) is 2.06. The number of pyridine rings is 1. The van der Waals surface area contributed by atoms with Gasteiger partial charge in [-0.1, -0.05) is 37.3 Å². The van der Waals surface area contributed by atoms with Gasteiger partial charge in [-0.15, -0.1) is 0 Å². The van der Waals surface area contributed by atoms with Gasteiger partial charge in [0.1, 0.15) is 27.2 Å². The summed E-state index contributed by atoms with van der Waals surface area (Å²) in [7, 11) is 0. The number of benzene rings is 1. The van der Waals surface area contributed by atoms with Gasteiger partial charge in [0.05, 0.1) is 6.34 Å². The first kappa shape index (κ1) is 20.2. The largest absolute Gasteiger partial charge is 0.488 e. The minimum Gasteiger partial charge on any atom is -0.488 e. The third kappa shape index (κ3) is 5.42. The summed E-state index contributed by atoms with van der Waals surface area (Å²) in [6, 6.07) is 11.4. The summed E-state index contributed by atoms with van der Waals surface area (Å²) >= 11 is 2.04. The predicted molar refractivity (Wildman–Crippen MR) is 110 cm³/mol. The van der Waals surface area contributed by atoms with Gasteiger partial charge in [-0.05, 0) is 48.4 Å². The standard InChI is InChI=1S/C19H22IN3O3/c1-4-19(2,3)26-18(24)16-14(10-15(20)23-17(16)22-12-21)25-11-13-8-6-5-7-9-13/h5-10,12H,4,11H2,1-3H3,(H2,21,22,23). The first-order valence-corrected chi connectivity index (χ1v) is 9.29. The molecular weight excluding hydrogens is 445 g/mol. The molecule has 0 amide bonds. The quantitative estimate of drug-likeness (QED) is 0.217. The second-order valence-electron chi connectivity index (χ2n) is 6.20. The van der Waals surface area contributed by atoms with Gasteiger partial charge in [-0.2, -0.15) is 0 Å². The van der Waals surface area contributed by atoms with Crippen LogP contribution in [0.25, 0.3) is 0 Å². The second kappa shape index (κ2) is 8.98. The van der Waals surface area contributed by atoms with Gasteiger partial charge in [0, 0.05) is 6.07 Å². The van der Waals surface area contributed by atoms with Crippen LogP contribution in [0.5, 0.6) is 5.75 Å². The van der Waals surface area contributed by atoms with Gasteiger partial charge in [0.15, 0.2) is 5.82 Å². The molecule has 0 spiro atoms. The lowest BCUT2D eigenvalue weighted by atomic mass is 10.1. The van der Waals surface area contributed by atoms with Crippen molar-refractivity contribution in [2.45, 2.75) is 39.4 Å². The van der Waals surface area contributed by atoms with Gasteiger partial charge < -0.3 is 15.2 Å². The van der Waals surface area contributed by atoms with E-state index in [2.05, 4.69) is 9.98 Å². The van der Waals surface area contributed by atoms with E-state index in [0.29, 0.717) is 22.5 Å². The van der Waals surface area contributed by atoms with Gasteiger partial charge in [0.25, 0.3) is 0 Å². The van der Waals surface area contributed by atoms with Gasteiger partial charge in [-0.3, -0.25) is 0 Å². The van der Waals surface area contributed by atoms with Crippen molar-refractivity contribution in [1.29, 1.82) is 0 Å². The summed E-state index contributed by atoms with van der Waals surface area (Å²) in [4.78, 5) is 21.1. The number of halogens is 1. The third-order valence-corrected chi connectivity index (χ3v) is 4.34. The average molecular weight is 467 g/mol. The van der Waals surface area contributed by atoms with E-state index in [1.54, 1.807) is 6.07 Å². The van der Waals surface area contributed by atoms with E-state index in [1.165, 1.54) is 0 Å². The number of aromatic nitrogens is 1. The Kier molecular flexibility index (Phi) is 6.96. The molecule has 0 aliphatic carbocycles. The Morgan fingerprint density at radius 3 is 2.65 bits per heavy atom. The molecule has 0 radical (unpaired) electrons.